The van der Waals surface area contributed by atoms with Crippen molar-refractivity contribution in [3.8, 4) is 0 Å². The van der Waals surface area contributed by atoms with Gasteiger partial charge in [-0.25, -0.2) is 8.42 Å². The zero-order valence-corrected chi connectivity index (χ0v) is 14.8. The second-order valence-corrected chi connectivity index (χ2v) is 7.65. The SMILES string of the molecule is CS(=O)(=O)Nc1cccc(CNC(=O)c2ccccc2I)c1. The number of halogens is 1. The molecular formula is C15H15IN2O3S. The van der Waals surface area contributed by atoms with Gasteiger partial charge in [-0.15, -0.1) is 0 Å². The molecule has 0 aliphatic rings. The first-order chi connectivity index (χ1) is 10.3. The zero-order chi connectivity index (χ0) is 16.2. The number of hydrogen-bond acceptors (Lipinski definition) is 3. The lowest BCUT2D eigenvalue weighted by Crippen LogP contribution is -2.23. The minimum atomic E-state index is -3.31. The second-order valence-electron chi connectivity index (χ2n) is 4.74. The average molecular weight is 430 g/mol. The Morgan fingerprint density at radius 1 is 1.14 bits per heavy atom. The molecular weight excluding hydrogens is 415 g/mol. The lowest BCUT2D eigenvalue weighted by molar-refractivity contribution is 0.0950. The molecule has 0 fully saturated rings. The number of nitrogens with one attached hydrogen (secondary N) is 2. The van der Waals surface area contributed by atoms with Crippen molar-refractivity contribution in [2.24, 2.45) is 0 Å². The van der Waals surface area contributed by atoms with E-state index < -0.39 is 10.0 Å². The smallest absolute Gasteiger partial charge is 0.252 e. The summed E-state index contributed by atoms with van der Waals surface area (Å²) in [6, 6.07) is 14.2. The monoisotopic (exact) mass is 430 g/mol. The van der Waals surface area contributed by atoms with Crippen molar-refractivity contribution in [3.63, 3.8) is 0 Å². The molecule has 2 aromatic rings. The van der Waals surface area contributed by atoms with Gasteiger partial charge in [0.05, 0.1) is 11.8 Å². The van der Waals surface area contributed by atoms with Crippen LogP contribution in [0.25, 0.3) is 0 Å². The largest absolute Gasteiger partial charge is 0.348 e. The van der Waals surface area contributed by atoms with Crippen LogP contribution in [0.3, 0.4) is 0 Å². The summed E-state index contributed by atoms with van der Waals surface area (Å²) in [7, 11) is -3.31. The zero-order valence-electron chi connectivity index (χ0n) is 11.8. The minimum Gasteiger partial charge on any atom is -0.348 e. The van der Waals surface area contributed by atoms with Crippen LogP contribution >= 0.6 is 22.6 Å². The van der Waals surface area contributed by atoms with Gasteiger partial charge in [0.15, 0.2) is 0 Å². The maximum atomic E-state index is 12.1. The molecule has 2 aromatic carbocycles. The number of carbonyl (C=O) groups is 1. The maximum absolute atomic E-state index is 12.1. The fourth-order valence-electron chi connectivity index (χ4n) is 1.88. The average Bonchev–Trinajstić information content (AvgIpc) is 2.44. The molecule has 0 radical (unpaired) electrons. The van der Waals surface area contributed by atoms with Gasteiger partial charge in [-0.2, -0.15) is 0 Å². The third-order valence-corrected chi connectivity index (χ3v) is 4.35. The van der Waals surface area contributed by atoms with Crippen LogP contribution < -0.4 is 10.0 Å². The molecule has 22 heavy (non-hydrogen) atoms. The molecule has 0 aliphatic carbocycles. The van der Waals surface area contributed by atoms with Gasteiger partial charge < -0.3 is 5.32 Å². The number of sulfonamides is 1. The first-order valence-corrected chi connectivity index (χ1v) is 9.41. The number of amides is 1. The molecule has 0 aromatic heterocycles. The number of carbonyl (C=O) groups excluding carboxylic acids is 1. The molecule has 0 saturated heterocycles. The van der Waals surface area contributed by atoms with E-state index in [9.17, 15) is 13.2 Å². The summed E-state index contributed by atoms with van der Waals surface area (Å²) >= 11 is 2.11. The Balaban J connectivity index is 2.04. The molecule has 116 valence electrons. The van der Waals surface area contributed by atoms with E-state index in [1.54, 1.807) is 24.3 Å². The lowest BCUT2D eigenvalue weighted by Gasteiger charge is -2.09. The highest BCUT2D eigenvalue weighted by atomic mass is 127. The predicted octanol–water partition coefficient (Wildman–Crippen LogP) is 2.59. The van der Waals surface area contributed by atoms with Crippen LogP contribution in [0.5, 0.6) is 0 Å². The maximum Gasteiger partial charge on any atom is 0.252 e. The lowest BCUT2D eigenvalue weighted by atomic mass is 10.2. The Kier molecular flexibility index (Phi) is 5.41. The quantitative estimate of drug-likeness (QED) is 0.717. The normalized spacial score (nSPS) is 11.0. The standard InChI is InChI=1S/C15H15IN2O3S/c1-22(20,21)18-12-6-4-5-11(9-12)10-17-15(19)13-7-2-3-8-14(13)16/h2-9,18H,10H2,1H3,(H,17,19). The highest BCUT2D eigenvalue weighted by molar-refractivity contribution is 14.1. The van der Waals surface area contributed by atoms with Crippen LogP contribution in [0, 0.1) is 3.57 Å². The molecule has 0 heterocycles. The molecule has 0 spiro atoms. The van der Waals surface area contributed by atoms with E-state index >= 15 is 0 Å². The summed E-state index contributed by atoms with van der Waals surface area (Å²) in [6.07, 6.45) is 1.10. The summed E-state index contributed by atoms with van der Waals surface area (Å²) < 4.78 is 25.7. The van der Waals surface area contributed by atoms with Crippen molar-refractivity contribution in [3.05, 3.63) is 63.2 Å². The molecule has 0 atom stereocenters. The molecule has 0 unspecified atom stereocenters. The van der Waals surface area contributed by atoms with Crippen LogP contribution in [0.15, 0.2) is 48.5 Å². The van der Waals surface area contributed by atoms with Crippen molar-refractivity contribution in [2.45, 2.75) is 6.54 Å². The van der Waals surface area contributed by atoms with Crippen molar-refractivity contribution in [1.29, 1.82) is 0 Å². The Bertz CT molecular complexity index is 791. The minimum absolute atomic E-state index is 0.161. The van der Waals surface area contributed by atoms with Gasteiger partial charge in [0, 0.05) is 15.8 Å². The summed E-state index contributed by atoms with van der Waals surface area (Å²) in [4.78, 5) is 12.1. The van der Waals surface area contributed by atoms with E-state index in [4.69, 9.17) is 0 Å². The highest BCUT2D eigenvalue weighted by Crippen LogP contribution is 2.13. The van der Waals surface area contributed by atoms with Gasteiger partial charge >= 0.3 is 0 Å². The predicted molar refractivity (Wildman–Crippen MR) is 95.2 cm³/mol. The molecule has 7 heteroatoms. The van der Waals surface area contributed by atoms with Gasteiger partial charge in [-0.3, -0.25) is 9.52 Å². The van der Waals surface area contributed by atoms with Crippen LogP contribution in [0.1, 0.15) is 15.9 Å². The molecule has 2 N–H and O–H groups in total. The highest BCUT2D eigenvalue weighted by Gasteiger charge is 2.09. The summed E-state index contributed by atoms with van der Waals surface area (Å²) in [5.74, 6) is -0.161. The van der Waals surface area contributed by atoms with E-state index in [1.807, 2.05) is 24.3 Å². The third kappa shape index (κ3) is 4.99. The van der Waals surface area contributed by atoms with Crippen molar-refractivity contribution < 1.29 is 13.2 Å². The second kappa shape index (κ2) is 7.10. The summed E-state index contributed by atoms with van der Waals surface area (Å²) in [6.45, 7) is 0.323. The molecule has 5 nitrogen and oxygen atoms in total. The van der Waals surface area contributed by atoms with Crippen molar-refractivity contribution in [2.75, 3.05) is 11.0 Å². The molecule has 1 amide bonds. The van der Waals surface area contributed by atoms with E-state index in [0.717, 1.165) is 15.4 Å². The van der Waals surface area contributed by atoms with Crippen molar-refractivity contribution in [1.82, 2.24) is 5.32 Å². The topological polar surface area (TPSA) is 75.3 Å². The van der Waals surface area contributed by atoms with Crippen molar-refractivity contribution >= 4 is 44.2 Å². The first kappa shape index (κ1) is 16.8. The third-order valence-electron chi connectivity index (χ3n) is 2.80. The van der Waals surface area contributed by atoms with Gasteiger partial charge in [0.1, 0.15) is 0 Å². The van der Waals surface area contributed by atoms with Crippen LogP contribution in [0.2, 0.25) is 0 Å². The molecule has 0 aliphatic heterocycles. The Morgan fingerprint density at radius 2 is 1.86 bits per heavy atom. The van der Waals surface area contributed by atoms with E-state index in [-0.39, 0.29) is 5.91 Å². The molecule has 0 bridgehead atoms. The number of hydrogen-bond donors (Lipinski definition) is 2. The summed E-state index contributed by atoms with van der Waals surface area (Å²) in [5, 5.41) is 2.83. The Labute approximate surface area is 143 Å². The van der Waals surface area contributed by atoms with Crippen LogP contribution in [0.4, 0.5) is 5.69 Å². The Morgan fingerprint density at radius 3 is 2.55 bits per heavy atom. The summed E-state index contributed by atoms with van der Waals surface area (Å²) in [5.41, 5.74) is 1.91. The number of anilines is 1. The number of benzene rings is 2. The fourth-order valence-corrected chi connectivity index (χ4v) is 3.07. The van der Waals surface area contributed by atoms with Gasteiger partial charge in [-0.1, -0.05) is 24.3 Å². The van der Waals surface area contributed by atoms with Gasteiger partial charge in [0.25, 0.3) is 5.91 Å². The van der Waals surface area contributed by atoms with E-state index in [0.29, 0.717) is 17.8 Å². The van der Waals surface area contributed by atoms with Crippen LogP contribution in [-0.4, -0.2) is 20.6 Å². The molecule has 0 saturated carbocycles. The van der Waals surface area contributed by atoms with Crippen LogP contribution in [-0.2, 0) is 16.6 Å². The van der Waals surface area contributed by atoms with Gasteiger partial charge in [-0.05, 0) is 52.4 Å². The van der Waals surface area contributed by atoms with Gasteiger partial charge in [0.2, 0.25) is 10.0 Å². The van der Waals surface area contributed by atoms with E-state index in [2.05, 4.69) is 32.6 Å². The molecule has 2 rings (SSSR count). The van der Waals surface area contributed by atoms with E-state index in [1.165, 1.54) is 0 Å². The fraction of sp³-hybridized carbons (Fsp3) is 0.133. The Hall–Kier alpha value is -1.61. The number of rotatable bonds is 5. The first-order valence-electron chi connectivity index (χ1n) is 6.44.